The molecule has 0 radical (unpaired) electrons. The van der Waals surface area contributed by atoms with Crippen molar-refractivity contribution in [2.45, 2.75) is 0 Å². The molecule has 9 nitrogen and oxygen atoms in total. The molecule has 0 saturated carbocycles. The van der Waals surface area contributed by atoms with E-state index in [0.29, 0.717) is 16.5 Å². The standard InChI is InChI=1S/C16H10N6O3S/c17-9-11(15(23)19-16-20-18-10-26-16)8-14-2-1-7-21(14)12-3-5-13(6-4-12)22(24)25/h1-8,10H,(H,19,20,23)/b11-8-. The van der Waals surface area contributed by atoms with Crippen molar-refractivity contribution < 1.29 is 9.72 Å². The summed E-state index contributed by atoms with van der Waals surface area (Å²) in [4.78, 5) is 22.5. The van der Waals surface area contributed by atoms with Gasteiger partial charge >= 0.3 is 0 Å². The van der Waals surface area contributed by atoms with Gasteiger partial charge in [-0.25, -0.2) is 0 Å². The van der Waals surface area contributed by atoms with Gasteiger partial charge in [0, 0.05) is 29.7 Å². The Balaban J connectivity index is 1.89. The molecule has 0 bridgehead atoms. The number of rotatable bonds is 5. The first-order valence-electron chi connectivity index (χ1n) is 7.20. The highest BCUT2D eigenvalue weighted by Crippen LogP contribution is 2.19. The molecule has 128 valence electrons. The van der Waals surface area contributed by atoms with Crippen molar-refractivity contribution in [3.8, 4) is 11.8 Å². The number of carbonyl (C=O) groups excluding carboxylic acids is 1. The lowest BCUT2D eigenvalue weighted by Crippen LogP contribution is -2.13. The van der Waals surface area contributed by atoms with Crippen LogP contribution in [0.2, 0.25) is 0 Å². The van der Waals surface area contributed by atoms with Crippen molar-refractivity contribution in [1.82, 2.24) is 14.8 Å². The van der Waals surface area contributed by atoms with Gasteiger partial charge in [0.1, 0.15) is 17.2 Å². The number of amides is 1. The lowest BCUT2D eigenvalue weighted by molar-refractivity contribution is -0.384. The largest absolute Gasteiger partial charge is 0.317 e. The molecule has 0 spiro atoms. The fourth-order valence-electron chi connectivity index (χ4n) is 2.17. The zero-order chi connectivity index (χ0) is 18.5. The Hall–Kier alpha value is -3.84. The van der Waals surface area contributed by atoms with Crippen LogP contribution in [0.15, 0.2) is 53.7 Å². The minimum absolute atomic E-state index is 0.0212. The predicted molar refractivity (Wildman–Crippen MR) is 94.6 cm³/mol. The van der Waals surface area contributed by atoms with E-state index in [1.54, 1.807) is 35.0 Å². The Morgan fingerprint density at radius 1 is 1.35 bits per heavy atom. The zero-order valence-corrected chi connectivity index (χ0v) is 13.9. The summed E-state index contributed by atoms with van der Waals surface area (Å²) < 4.78 is 1.71. The maximum absolute atomic E-state index is 12.2. The number of hydrogen-bond acceptors (Lipinski definition) is 7. The minimum atomic E-state index is -0.597. The Morgan fingerprint density at radius 3 is 2.73 bits per heavy atom. The maximum atomic E-state index is 12.2. The third kappa shape index (κ3) is 3.63. The van der Waals surface area contributed by atoms with Gasteiger partial charge in [-0.15, -0.1) is 10.2 Å². The third-order valence-corrected chi connectivity index (χ3v) is 3.96. The SMILES string of the molecule is N#C/C(=C/c1cccn1-c1ccc([N+](=O)[O-])cc1)C(=O)Nc1nncs1. The van der Waals surface area contributed by atoms with Gasteiger partial charge < -0.3 is 4.57 Å². The van der Waals surface area contributed by atoms with Crippen LogP contribution in [0.3, 0.4) is 0 Å². The van der Waals surface area contributed by atoms with E-state index in [2.05, 4.69) is 15.5 Å². The molecule has 26 heavy (non-hydrogen) atoms. The normalized spacial score (nSPS) is 11.0. The first-order chi connectivity index (χ1) is 12.6. The number of benzene rings is 1. The van der Waals surface area contributed by atoms with E-state index in [4.69, 9.17) is 0 Å². The van der Waals surface area contributed by atoms with Crippen molar-refractivity contribution in [2.24, 2.45) is 0 Å². The highest BCUT2D eigenvalue weighted by atomic mass is 32.1. The van der Waals surface area contributed by atoms with Gasteiger partial charge in [-0.3, -0.25) is 20.2 Å². The first-order valence-corrected chi connectivity index (χ1v) is 8.08. The lowest BCUT2D eigenvalue weighted by atomic mass is 10.2. The molecular formula is C16H10N6O3S. The Morgan fingerprint density at radius 2 is 2.12 bits per heavy atom. The summed E-state index contributed by atoms with van der Waals surface area (Å²) in [5, 5.41) is 30.1. The van der Waals surface area contributed by atoms with Crippen LogP contribution in [0.25, 0.3) is 11.8 Å². The number of nitrogens with zero attached hydrogens (tertiary/aromatic N) is 5. The van der Waals surface area contributed by atoms with Gasteiger partial charge in [-0.05, 0) is 30.3 Å². The molecule has 2 heterocycles. The lowest BCUT2D eigenvalue weighted by Gasteiger charge is -2.07. The average molecular weight is 366 g/mol. The molecule has 3 aromatic rings. The fraction of sp³-hybridized carbons (Fsp3) is 0. The molecule has 0 saturated heterocycles. The summed E-state index contributed by atoms with van der Waals surface area (Å²) in [5.74, 6) is -0.597. The Bertz CT molecular complexity index is 1020. The van der Waals surface area contributed by atoms with E-state index >= 15 is 0 Å². The van der Waals surface area contributed by atoms with Crippen molar-refractivity contribution in [3.05, 3.63) is 69.5 Å². The van der Waals surface area contributed by atoms with Crippen LogP contribution in [0.4, 0.5) is 10.8 Å². The Kier molecular flexibility index (Phi) is 4.82. The fourth-order valence-corrected chi connectivity index (χ4v) is 2.61. The van der Waals surface area contributed by atoms with E-state index in [0.717, 1.165) is 11.3 Å². The van der Waals surface area contributed by atoms with Crippen molar-refractivity contribution in [1.29, 1.82) is 5.26 Å². The third-order valence-electron chi connectivity index (χ3n) is 3.36. The second-order valence-corrected chi connectivity index (χ2v) is 5.78. The molecule has 10 heteroatoms. The smallest absolute Gasteiger partial charge is 0.269 e. The molecule has 3 rings (SSSR count). The molecule has 0 aliphatic rings. The van der Waals surface area contributed by atoms with Crippen LogP contribution in [-0.4, -0.2) is 25.6 Å². The summed E-state index contributed by atoms with van der Waals surface area (Å²) in [6.07, 6.45) is 3.16. The van der Waals surface area contributed by atoms with Gasteiger partial charge in [-0.1, -0.05) is 11.3 Å². The van der Waals surface area contributed by atoms with Crippen LogP contribution in [0.5, 0.6) is 0 Å². The van der Waals surface area contributed by atoms with E-state index in [1.165, 1.54) is 23.7 Å². The van der Waals surface area contributed by atoms with Gasteiger partial charge in [-0.2, -0.15) is 5.26 Å². The summed E-state index contributed by atoms with van der Waals surface area (Å²) >= 11 is 1.14. The summed E-state index contributed by atoms with van der Waals surface area (Å²) in [7, 11) is 0. The van der Waals surface area contributed by atoms with Crippen molar-refractivity contribution >= 4 is 34.1 Å². The molecule has 1 aromatic carbocycles. The van der Waals surface area contributed by atoms with Gasteiger partial charge in [0.15, 0.2) is 0 Å². The molecule has 2 aromatic heterocycles. The van der Waals surface area contributed by atoms with Crippen LogP contribution in [0.1, 0.15) is 5.69 Å². The molecule has 1 amide bonds. The molecule has 1 N–H and O–H groups in total. The number of nitro groups is 1. The predicted octanol–water partition coefficient (Wildman–Crippen LogP) is 2.78. The minimum Gasteiger partial charge on any atom is -0.317 e. The first kappa shape index (κ1) is 17.0. The van der Waals surface area contributed by atoms with Gasteiger partial charge in [0.05, 0.1) is 4.92 Å². The molecule has 0 aliphatic carbocycles. The molecule has 0 unspecified atom stereocenters. The van der Waals surface area contributed by atoms with Gasteiger partial charge in [0.25, 0.3) is 11.6 Å². The van der Waals surface area contributed by atoms with Crippen LogP contribution in [0, 0.1) is 21.4 Å². The summed E-state index contributed by atoms with van der Waals surface area (Å²) in [6.45, 7) is 0. The van der Waals surface area contributed by atoms with Crippen LogP contribution in [-0.2, 0) is 4.79 Å². The van der Waals surface area contributed by atoms with Crippen LogP contribution < -0.4 is 5.32 Å². The topological polar surface area (TPSA) is 127 Å². The number of aromatic nitrogens is 3. The monoisotopic (exact) mass is 366 g/mol. The van der Waals surface area contributed by atoms with Gasteiger partial charge in [0.2, 0.25) is 5.13 Å². The number of nitriles is 1. The summed E-state index contributed by atoms with van der Waals surface area (Å²) in [5.41, 5.74) is 2.57. The number of nitrogens with one attached hydrogen (secondary N) is 1. The number of nitro benzene ring substituents is 1. The highest BCUT2D eigenvalue weighted by molar-refractivity contribution is 7.13. The van der Waals surface area contributed by atoms with E-state index < -0.39 is 10.8 Å². The number of carbonyl (C=O) groups is 1. The molecular weight excluding hydrogens is 356 g/mol. The number of non-ortho nitro benzene ring substituents is 1. The summed E-state index contributed by atoms with van der Waals surface area (Å²) in [6, 6.07) is 11.3. The van der Waals surface area contributed by atoms with Crippen molar-refractivity contribution in [3.63, 3.8) is 0 Å². The zero-order valence-electron chi connectivity index (χ0n) is 13.1. The Labute approximate surface area is 151 Å². The molecule has 0 aliphatic heterocycles. The van der Waals surface area contributed by atoms with E-state index in [9.17, 15) is 20.2 Å². The highest BCUT2D eigenvalue weighted by Gasteiger charge is 2.13. The average Bonchev–Trinajstić information content (AvgIpc) is 3.31. The number of anilines is 1. The molecule has 0 fully saturated rings. The second-order valence-electron chi connectivity index (χ2n) is 4.94. The van der Waals surface area contributed by atoms with E-state index in [1.807, 2.05) is 6.07 Å². The number of hydrogen-bond donors (Lipinski definition) is 1. The maximum Gasteiger partial charge on any atom is 0.269 e. The van der Waals surface area contributed by atoms with Crippen molar-refractivity contribution in [2.75, 3.05) is 5.32 Å². The van der Waals surface area contributed by atoms with E-state index in [-0.39, 0.29) is 11.3 Å². The second kappa shape index (κ2) is 7.37. The van der Waals surface area contributed by atoms with Crippen LogP contribution >= 0.6 is 11.3 Å². The molecule has 0 atom stereocenters. The quantitative estimate of drug-likeness (QED) is 0.320.